The normalized spacial score (nSPS) is 24.5. The summed E-state index contributed by atoms with van der Waals surface area (Å²) in [6, 6.07) is 3.69. The lowest BCUT2D eigenvalue weighted by molar-refractivity contribution is -0.137. The van der Waals surface area contributed by atoms with E-state index in [-0.39, 0.29) is 6.54 Å². The highest BCUT2D eigenvalue weighted by Crippen LogP contribution is 2.40. The van der Waals surface area contributed by atoms with Crippen LogP contribution in [0.4, 0.5) is 13.2 Å². The number of rotatable bonds is 2. The number of ether oxygens (including phenoxy) is 1. The van der Waals surface area contributed by atoms with Crippen LogP contribution in [-0.4, -0.2) is 19.8 Å². The SMILES string of the molecule is NCC1(c2cc(C(F)(F)F)ccc2Br)CCCOC1. The van der Waals surface area contributed by atoms with Crippen molar-refractivity contribution in [1.29, 1.82) is 0 Å². The van der Waals surface area contributed by atoms with Gasteiger partial charge in [0.25, 0.3) is 0 Å². The number of benzene rings is 1. The van der Waals surface area contributed by atoms with Crippen molar-refractivity contribution >= 4 is 15.9 Å². The van der Waals surface area contributed by atoms with Gasteiger partial charge in [-0.25, -0.2) is 0 Å². The van der Waals surface area contributed by atoms with Crippen molar-refractivity contribution < 1.29 is 17.9 Å². The molecule has 19 heavy (non-hydrogen) atoms. The predicted octanol–water partition coefficient (Wildman–Crippen LogP) is 3.47. The molecule has 0 aliphatic carbocycles. The largest absolute Gasteiger partial charge is 0.416 e. The minimum absolute atomic E-state index is 0.271. The van der Waals surface area contributed by atoms with Crippen molar-refractivity contribution in [3.05, 3.63) is 33.8 Å². The molecule has 0 spiro atoms. The zero-order valence-electron chi connectivity index (χ0n) is 10.3. The third kappa shape index (κ3) is 2.95. The molecule has 2 rings (SSSR count). The Morgan fingerprint density at radius 1 is 1.37 bits per heavy atom. The van der Waals surface area contributed by atoms with E-state index in [1.54, 1.807) is 0 Å². The highest BCUT2D eigenvalue weighted by atomic mass is 79.9. The fourth-order valence-electron chi connectivity index (χ4n) is 2.44. The summed E-state index contributed by atoms with van der Waals surface area (Å²) in [6.45, 7) is 1.27. The predicted molar refractivity (Wildman–Crippen MR) is 69.9 cm³/mol. The van der Waals surface area contributed by atoms with E-state index >= 15 is 0 Å². The maximum Gasteiger partial charge on any atom is 0.416 e. The molecule has 1 fully saturated rings. The number of hydrogen-bond acceptors (Lipinski definition) is 2. The summed E-state index contributed by atoms with van der Waals surface area (Å²) < 4.78 is 44.5. The Balaban J connectivity index is 2.47. The molecule has 2 N–H and O–H groups in total. The molecule has 1 saturated heterocycles. The van der Waals surface area contributed by atoms with E-state index in [4.69, 9.17) is 10.5 Å². The van der Waals surface area contributed by atoms with Gasteiger partial charge < -0.3 is 10.5 Å². The lowest BCUT2D eigenvalue weighted by Crippen LogP contribution is -2.43. The van der Waals surface area contributed by atoms with Crippen molar-refractivity contribution in [1.82, 2.24) is 0 Å². The minimum Gasteiger partial charge on any atom is -0.380 e. The Bertz CT molecular complexity index is 456. The first kappa shape index (κ1) is 14.8. The third-order valence-corrected chi connectivity index (χ3v) is 4.27. The van der Waals surface area contributed by atoms with Crippen LogP contribution in [0.25, 0.3) is 0 Å². The fraction of sp³-hybridized carbons (Fsp3) is 0.538. The van der Waals surface area contributed by atoms with E-state index in [0.717, 1.165) is 18.9 Å². The van der Waals surface area contributed by atoms with Crippen LogP contribution in [0.3, 0.4) is 0 Å². The monoisotopic (exact) mass is 337 g/mol. The number of hydrogen-bond donors (Lipinski definition) is 1. The van der Waals surface area contributed by atoms with E-state index in [1.807, 2.05) is 0 Å². The van der Waals surface area contributed by atoms with Crippen LogP contribution in [-0.2, 0) is 16.3 Å². The summed E-state index contributed by atoms with van der Waals surface area (Å²) >= 11 is 3.33. The standard InChI is InChI=1S/C13H15BrF3NO/c14-11-3-2-9(13(15,16)17)6-10(11)12(7-18)4-1-5-19-8-12/h2-3,6H,1,4-5,7-8,18H2. The van der Waals surface area contributed by atoms with E-state index in [1.165, 1.54) is 12.1 Å². The number of alkyl halides is 3. The van der Waals surface area contributed by atoms with E-state index < -0.39 is 17.2 Å². The number of nitrogens with two attached hydrogens (primary N) is 1. The first-order chi connectivity index (χ1) is 8.89. The molecule has 0 radical (unpaired) electrons. The van der Waals surface area contributed by atoms with Crippen molar-refractivity contribution in [2.45, 2.75) is 24.4 Å². The van der Waals surface area contributed by atoms with Gasteiger partial charge in [0.2, 0.25) is 0 Å². The first-order valence-corrected chi connectivity index (χ1v) is 6.83. The second-order valence-corrected chi connectivity index (χ2v) is 5.69. The highest BCUT2D eigenvalue weighted by molar-refractivity contribution is 9.10. The topological polar surface area (TPSA) is 35.2 Å². The molecule has 0 bridgehead atoms. The number of halogens is 4. The summed E-state index contributed by atoms with van der Waals surface area (Å²) in [6.07, 6.45) is -2.80. The maximum atomic E-state index is 12.8. The molecule has 0 amide bonds. The summed E-state index contributed by atoms with van der Waals surface area (Å²) in [5.41, 5.74) is 5.23. The molecular weight excluding hydrogens is 323 g/mol. The molecule has 1 unspecified atom stereocenters. The smallest absolute Gasteiger partial charge is 0.380 e. The third-order valence-electron chi connectivity index (χ3n) is 3.58. The summed E-state index contributed by atoms with van der Waals surface area (Å²) in [5, 5.41) is 0. The van der Waals surface area contributed by atoms with Gasteiger partial charge in [-0.1, -0.05) is 15.9 Å². The lowest BCUT2D eigenvalue weighted by atomic mass is 9.76. The highest BCUT2D eigenvalue weighted by Gasteiger charge is 2.38. The van der Waals surface area contributed by atoms with Crippen molar-refractivity contribution in [3.8, 4) is 0 Å². The van der Waals surface area contributed by atoms with Gasteiger partial charge in [0.05, 0.1) is 12.2 Å². The van der Waals surface area contributed by atoms with Crippen molar-refractivity contribution in [2.75, 3.05) is 19.8 Å². The zero-order valence-corrected chi connectivity index (χ0v) is 11.9. The Kier molecular flexibility index (Phi) is 4.23. The second-order valence-electron chi connectivity index (χ2n) is 4.83. The molecule has 2 nitrogen and oxygen atoms in total. The second kappa shape index (κ2) is 5.42. The summed E-state index contributed by atoms with van der Waals surface area (Å²) in [7, 11) is 0. The Hall–Kier alpha value is -0.590. The molecule has 1 aliphatic heterocycles. The van der Waals surface area contributed by atoms with E-state index in [9.17, 15) is 13.2 Å². The van der Waals surface area contributed by atoms with Crippen LogP contribution in [0, 0.1) is 0 Å². The van der Waals surface area contributed by atoms with Crippen LogP contribution < -0.4 is 5.73 Å². The molecule has 1 heterocycles. The molecule has 1 aliphatic rings. The molecule has 1 aromatic carbocycles. The van der Waals surface area contributed by atoms with Crippen LogP contribution in [0.2, 0.25) is 0 Å². The van der Waals surface area contributed by atoms with E-state index in [0.29, 0.717) is 23.2 Å². The van der Waals surface area contributed by atoms with E-state index in [2.05, 4.69) is 15.9 Å². The van der Waals surface area contributed by atoms with Gasteiger partial charge in [-0.2, -0.15) is 13.2 Å². The zero-order chi connectivity index (χ0) is 14.1. The van der Waals surface area contributed by atoms with Gasteiger partial charge in [0.1, 0.15) is 0 Å². The molecule has 0 aromatic heterocycles. The molecule has 0 saturated carbocycles. The average Bonchev–Trinajstić information content (AvgIpc) is 2.38. The fourth-order valence-corrected chi connectivity index (χ4v) is 3.11. The van der Waals surface area contributed by atoms with Gasteiger partial charge in [0, 0.05) is 23.0 Å². The van der Waals surface area contributed by atoms with Gasteiger partial charge in [-0.15, -0.1) is 0 Å². The molecule has 6 heteroatoms. The Morgan fingerprint density at radius 2 is 2.11 bits per heavy atom. The molecular formula is C13H15BrF3NO. The molecule has 106 valence electrons. The van der Waals surface area contributed by atoms with Crippen LogP contribution in [0.15, 0.2) is 22.7 Å². The van der Waals surface area contributed by atoms with Crippen LogP contribution >= 0.6 is 15.9 Å². The van der Waals surface area contributed by atoms with Gasteiger partial charge in [-0.05, 0) is 36.6 Å². The molecule has 1 aromatic rings. The summed E-state index contributed by atoms with van der Waals surface area (Å²) in [5.74, 6) is 0. The van der Waals surface area contributed by atoms with Gasteiger partial charge in [0.15, 0.2) is 0 Å². The van der Waals surface area contributed by atoms with Crippen molar-refractivity contribution in [2.24, 2.45) is 5.73 Å². The Morgan fingerprint density at radius 3 is 2.63 bits per heavy atom. The Labute approximate surface area is 118 Å². The van der Waals surface area contributed by atoms with Gasteiger partial charge >= 0.3 is 6.18 Å². The lowest BCUT2D eigenvalue weighted by Gasteiger charge is -2.37. The van der Waals surface area contributed by atoms with Crippen molar-refractivity contribution in [3.63, 3.8) is 0 Å². The minimum atomic E-state index is -4.35. The summed E-state index contributed by atoms with van der Waals surface area (Å²) in [4.78, 5) is 0. The van der Waals surface area contributed by atoms with Gasteiger partial charge in [-0.3, -0.25) is 0 Å². The average molecular weight is 338 g/mol. The first-order valence-electron chi connectivity index (χ1n) is 6.04. The van der Waals surface area contributed by atoms with Crippen LogP contribution in [0.5, 0.6) is 0 Å². The molecule has 1 atom stereocenters. The van der Waals surface area contributed by atoms with Crippen LogP contribution in [0.1, 0.15) is 24.0 Å². The quantitative estimate of drug-likeness (QED) is 0.896. The maximum absolute atomic E-state index is 12.8.